The van der Waals surface area contributed by atoms with Crippen LogP contribution in [0, 0.1) is 11.8 Å². The molecule has 4 nitrogen and oxygen atoms in total. The van der Waals surface area contributed by atoms with Crippen LogP contribution in [0.15, 0.2) is 66.7 Å². The van der Waals surface area contributed by atoms with Crippen LogP contribution in [0.5, 0.6) is 5.75 Å². The van der Waals surface area contributed by atoms with Gasteiger partial charge in [-0.1, -0.05) is 56.3 Å². The van der Waals surface area contributed by atoms with Gasteiger partial charge in [0, 0.05) is 24.7 Å². The van der Waals surface area contributed by atoms with Gasteiger partial charge in [0.05, 0.1) is 6.61 Å². The van der Waals surface area contributed by atoms with Gasteiger partial charge in [-0.15, -0.1) is 0 Å². The number of benzene rings is 3. The first-order valence-corrected chi connectivity index (χ1v) is 14.9. The van der Waals surface area contributed by atoms with Gasteiger partial charge < -0.3 is 10.1 Å². The van der Waals surface area contributed by atoms with Crippen LogP contribution in [0.3, 0.4) is 0 Å². The van der Waals surface area contributed by atoms with Crippen molar-refractivity contribution in [2.24, 2.45) is 11.8 Å². The van der Waals surface area contributed by atoms with E-state index >= 15 is 0 Å². The van der Waals surface area contributed by atoms with Crippen molar-refractivity contribution in [3.63, 3.8) is 0 Å². The van der Waals surface area contributed by atoms with E-state index in [2.05, 4.69) is 72.6 Å². The maximum absolute atomic E-state index is 13.1. The van der Waals surface area contributed by atoms with E-state index in [0.717, 1.165) is 30.1 Å². The highest BCUT2D eigenvalue weighted by atomic mass is 16.5. The fraction of sp³-hybridized carbons (Fsp3) is 0.457. The van der Waals surface area contributed by atoms with Crippen molar-refractivity contribution in [2.75, 3.05) is 26.2 Å². The van der Waals surface area contributed by atoms with E-state index < -0.39 is 0 Å². The lowest BCUT2D eigenvalue weighted by atomic mass is 9.59. The number of nitrogens with zero attached hydrogens (tertiary/aromatic N) is 1. The summed E-state index contributed by atoms with van der Waals surface area (Å²) in [5.74, 6) is 2.48. The number of fused-ring (bicyclic) bond motifs is 4. The Bertz CT molecular complexity index is 1310. The molecule has 1 N–H and O–H groups in total. The zero-order chi connectivity index (χ0) is 27.0. The molecule has 39 heavy (non-hydrogen) atoms. The first-order chi connectivity index (χ1) is 18.9. The number of amides is 1. The molecular weight excluding hydrogens is 480 g/mol. The molecule has 4 heteroatoms. The summed E-state index contributed by atoms with van der Waals surface area (Å²) in [6, 6.07) is 24.0. The number of piperidine rings is 1. The molecule has 0 spiro atoms. The average molecular weight is 523 g/mol. The van der Waals surface area contributed by atoms with Crippen molar-refractivity contribution in [2.45, 2.75) is 64.3 Å². The minimum atomic E-state index is 0.0355. The van der Waals surface area contributed by atoms with Crippen LogP contribution in [-0.2, 0) is 18.3 Å². The monoisotopic (exact) mass is 522 g/mol. The fourth-order valence-corrected chi connectivity index (χ4v) is 6.90. The zero-order valence-corrected chi connectivity index (χ0v) is 23.7. The van der Waals surface area contributed by atoms with Gasteiger partial charge in [0.25, 0.3) is 5.91 Å². The Morgan fingerprint density at radius 1 is 1.03 bits per heavy atom. The molecule has 204 valence electrons. The van der Waals surface area contributed by atoms with Crippen LogP contribution in [-0.4, -0.2) is 43.1 Å². The third-order valence-electron chi connectivity index (χ3n) is 9.73. The number of carbonyl (C=O) groups excluding carboxylic acids is 1. The van der Waals surface area contributed by atoms with Gasteiger partial charge in [-0.25, -0.2) is 0 Å². The molecule has 3 aliphatic rings. The van der Waals surface area contributed by atoms with Crippen molar-refractivity contribution in [3.8, 4) is 16.9 Å². The number of hydrogen-bond acceptors (Lipinski definition) is 3. The molecule has 3 atom stereocenters. The summed E-state index contributed by atoms with van der Waals surface area (Å²) < 4.78 is 5.55. The van der Waals surface area contributed by atoms with Gasteiger partial charge in [0.2, 0.25) is 0 Å². The van der Waals surface area contributed by atoms with Crippen LogP contribution in [0.4, 0.5) is 0 Å². The maximum atomic E-state index is 13.1. The molecule has 2 fully saturated rings. The zero-order valence-electron chi connectivity index (χ0n) is 23.7. The average Bonchev–Trinajstić information content (AvgIpc) is 3.77. The van der Waals surface area contributed by atoms with Crippen LogP contribution in [0.25, 0.3) is 11.1 Å². The van der Waals surface area contributed by atoms with Gasteiger partial charge in [-0.05, 0) is 115 Å². The lowest BCUT2D eigenvalue weighted by molar-refractivity contribution is 0.0284. The lowest BCUT2D eigenvalue weighted by Gasteiger charge is -2.55. The standard InChI is InChI=1S/C35H42N2O2/c1-4-39-31-15-13-28(14-16-31)27-9-7-25(8-10-27)17-19-36-34(38)30-12-11-29-22-33-24(2)35(3,32(29)21-30)18-20-37(33)23-26-5-6-26/h7-16,21,24,26,33H,4-6,17-20,22-23H2,1-3H3,(H,36,38)/t24-,33+,35+/m0/s1. The Hall–Kier alpha value is -3.11. The van der Waals surface area contributed by atoms with Crippen LogP contribution < -0.4 is 10.1 Å². The van der Waals surface area contributed by atoms with Gasteiger partial charge >= 0.3 is 0 Å². The molecule has 1 aliphatic heterocycles. The number of ether oxygens (including phenoxy) is 1. The van der Waals surface area contributed by atoms with Crippen molar-refractivity contribution in [1.29, 1.82) is 0 Å². The summed E-state index contributed by atoms with van der Waals surface area (Å²) in [4.78, 5) is 15.9. The third-order valence-corrected chi connectivity index (χ3v) is 9.73. The highest BCUT2D eigenvalue weighted by Gasteiger charge is 2.49. The minimum absolute atomic E-state index is 0.0355. The fourth-order valence-electron chi connectivity index (χ4n) is 6.90. The lowest BCUT2D eigenvalue weighted by Crippen LogP contribution is -2.58. The van der Waals surface area contributed by atoms with E-state index in [-0.39, 0.29) is 11.3 Å². The number of nitrogens with one attached hydrogen (secondary N) is 1. The Labute approximate surface area is 233 Å². The summed E-state index contributed by atoms with van der Waals surface area (Å²) in [5, 5.41) is 3.17. The molecule has 3 aromatic rings. The SMILES string of the molecule is CCOc1ccc(-c2ccc(CCNC(=O)c3ccc4c(c3)[C@]3(C)CCN(CC5CC5)[C@H](C4)[C@@H]3C)cc2)cc1. The van der Waals surface area contributed by atoms with Crippen molar-refractivity contribution in [1.82, 2.24) is 10.2 Å². The molecule has 3 aromatic carbocycles. The number of likely N-dealkylation sites (tertiary alicyclic amines) is 1. The number of rotatable bonds is 9. The first-order valence-electron chi connectivity index (χ1n) is 14.9. The Balaban J connectivity index is 1.06. The predicted octanol–water partition coefficient (Wildman–Crippen LogP) is 6.66. The summed E-state index contributed by atoms with van der Waals surface area (Å²) >= 11 is 0. The second-order valence-corrected chi connectivity index (χ2v) is 12.2. The van der Waals surface area contributed by atoms with Gasteiger partial charge in [-0.2, -0.15) is 0 Å². The second kappa shape index (κ2) is 10.8. The van der Waals surface area contributed by atoms with E-state index in [1.165, 1.54) is 60.2 Å². The molecule has 2 aliphatic carbocycles. The number of carbonyl (C=O) groups is 1. The van der Waals surface area contributed by atoms with Gasteiger partial charge in [0.1, 0.15) is 5.75 Å². The van der Waals surface area contributed by atoms with E-state index in [0.29, 0.717) is 25.1 Å². The Morgan fingerprint density at radius 3 is 2.44 bits per heavy atom. The van der Waals surface area contributed by atoms with E-state index in [4.69, 9.17) is 4.74 Å². The Morgan fingerprint density at radius 2 is 1.74 bits per heavy atom. The van der Waals surface area contributed by atoms with Gasteiger partial charge in [0.15, 0.2) is 0 Å². The molecule has 1 saturated heterocycles. The molecule has 6 rings (SSSR count). The molecule has 0 unspecified atom stereocenters. The van der Waals surface area contributed by atoms with Gasteiger partial charge in [-0.3, -0.25) is 9.69 Å². The van der Waals surface area contributed by atoms with Crippen molar-refractivity contribution < 1.29 is 9.53 Å². The normalized spacial score (nSPS) is 24.2. The van der Waals surface area contributed by atoms with E-state index in [9.17, 15) is 4.79 Å². The highest BCUT2D eigenvalue weighted by Crippen LogP contribution is 2.49. The first kappa shape index (κ1) is 26.1. The van der Waals surface area contributed by atoms with E-state index in [1.54, 1.807) is 0 Å². The quantitative estimate of drug-likeness (QED) is 0.342. The molecule has 1 amide bonds. The molecule has 1 heterocycles. The number of hydrogen-bond donors (Lipinski definition) is 1. The highest BCUT2D eigenvalue weighted by molar-refractivity contribution is 5.94. The summed E-state index contributed by atoms with van der Waals surface area (Å²) in [6.07, 6.45) is 5.95. The molecular formula is C35H42N2O2. The molecule has 0 radical (unpaired) electrons. The van der Waals surface area contributed by atoms with Crippen LogP contribution in [0.1, 0.15) is 67.1 Å². The Kier molecular flexibility index (Phi) is 7.24. The van der Waals surface area contributed by atoms with Crippen LogP contribution in [0.2, 0.25) is 0 Å². The molecule has 1 saturated carbocycles. The van der Waals surface area contributed by atoms with Crippen molar-refractivity contribution in [3.05, 3.63) is 89.0 Å². The van der Waals surface area contributed by atoms with Crippen molar-refractivity contribution >= 4 is 5.91 Å². The molecule has 2 bridgehead atoms. The predicted molar refractivity (Wildman–Crippen MR) is 158 cm³/mol. The topological polar surface area (TPSA) is 41.6 Å². The maximum Gasteiger partial charge on any atom is 0.251 e. The summed E-state index contributed by atoms with van der Waals surface area (Å²) in [5.41, 5.74) is 7.39. The minimum Gasteiger partial charge on any atom is -0.494 e. The smallest absolute Gasteiger partial charge is 0.251 e. The van der Waals surface area contributed by atoms with Crippen LogP contribution >= 0.6 is 0 Å². The van der Waals surface area contributed by atoms with E-state index in [1.807, 2.05) is 25.1 Å². The summed E-state index contributed by atoms with van der Waals surface area (Å²) in [7, 11) is 0. The summed E-state index contributed by atoms with van der Waals surface area (Å²) in [6.45, 7) is 10.7. The second-order valence-electron chi connectivity index (χ2n) is 12.2. The third kappa shape index (κ3) is 5.36. The largest absolute Gasteiger partial charge is 0.494 e. The molecule has 0 aromatic heterocycles.